The zero-order valence-corrected chi connectivity index (χ0v) is 9.68. The molecule has 3 heteroatoms. The van der Waals surface area contributed by atoms with E-state index >= 15 is 0 Å². The van der Waals surface area contributed by atoms with Gasteiger partial charge in [-0.3, -0.25) is 0 Å². The summed E-state index contributed by atoms with van der Waals surface area (Å²) in [6.07, 6.45) is 0. The molecule has 0 unspecified atom stereocenters. The van der Waals surface area contributed by atoms with Crippen LogP contribution in [0.3, 0.4) is 0 Å². The Morgan fingerprint density at radius 2 is 1.23 bits per heavy atom. The molecule has 0 saturated heterocycles. The van der Waals surface area contributed by atoms with Gasteiger partial charge in [-0.05, 0) is 41.5 Å². The second-order valence-electron chi connectivity index (χ2n) is 5.06. The highest BCUT2D eigenvalue weighted by molar-refractivity contribution is 6.50. The molecule has 0 atom stereocenters. The Kier molecular flexibility index (Phi) is 4.20. The maximum Gasteiger partial charge on any atom is 0.486 e. The molecule has 0 aliphatic rings. The Morgan fingerprint density at radius 3 is 1.38 bits per heavy atom. The monoisotopic (exact) mass is 184 g/mol. The molecule has 0 aromatic rings. The molecule has 0 rings (SSSR count). The zero-order chi connectivity index (χ0) is 10.7. The molecule has 0 N–H and O–H groups in total. The molecule has 76 valence electrons. The average Bonchev–Trinajstić information content (AvgIpc) is 1.79. The van der Waals surface area contributed by atoms with Gasteiger partial charge in [0.05, 0.1) is 0 Å². The maximum atomic E-state index is 5.62. The second kappa shape index (κ2) is 4.29. The van der Waals surface area contributed by atoms with Gasteiger partial charge in [-0.25, -0.2) is 0 Å². The zero-order valence-electron chi connectivity index (χ0n) is 9.68. The maximum absolute atomic E-state index is 5.62. The minimum absolute atomic E-state index is 0.204. The van der Waals surface area contributed by atoms with Crippen molar-refractivity contribution in [2.75, 3.05) is 0 Å². The predicted molar refractivity (Wildman–Crippen MR) is 57.6 cm³/mol. The summed E-state index contributed by atoms with van der Waals surface area (Å²) in [6.45, 7) is 15.7. The van der Waals surface area contributed by atoms with E-state index in [4.69, 9.17) is 9.31 Å². The third-order valence-corrected chi connectivity index (χ3v) is 1.13. The van der Waals surface area contributed by atoms with Gasteiger partial charge < -0.3 is 9.31 Å². The van der Waals surface area contributed by atoms with Gasteiger partial charge in [0.25, 0.3) is 0 Å². The summed E-state index contributed by atoms with van der Waals surface area (Å²) in [7, 11) is -0.333. The first-order valence-corrected chi connectivity index (χ1v) is 4.62. The van der Waals surface area contributed by atoms with Crippen molar-refractivity contribution in [3.63, 3.8) is 0 Å². The molecular weight excluding hydrogens is 163 g/mol. The molecule has 13 heavy (non-hydrogen) atoms. The van der Waals surface area contributed by atoms with E-state index in [1.54, 1.807) is 5.98 Å². The molecule has 0 aliphatic carbocycles. The second-order valence-corrected chi connectivity index (χ2v) is 5.06. The Hall–Kier alpha value is -0.275. The van der Waals surface area contributed by atoms with Crippen LogP contribution in [0.2, 0.25) is 0 Å². The molecule has 0 saturated carbocycles. The Bertz CT molecular complexity index is 149. The number of hydrogen-bond donors (Lipinski definition) is 0. The van der Waals surface area contributed by atoms with Crippen molar-refractivity contribution in [3.8, 4) is 0 Å². The standard InChI is InChI=1S/C10H21BO2/c1-8-11(12-9(2,3)4)13-10(5,6)7/h8H,1H2,2-7H3. The smallest absolute Gasteiger partial charge is 0.403 e. The summed E-state index contributed by atoms with van der Waals surface area (Å²) in [5, 5.41) is 0. The Morgan fingerprint density at radius 1 is 0.923 bits per heavy atom. The quantitative estimate of drug-likeness (QED) is 0.628. The fourth-order valence-electron chi connectivity index (χ4n) is 0.817. The van der Waals surface area contributed by atoms with Crippen molar-refractivity contribution in [2.24, 2.45) is 0 Å². The van der Waals surface area contributed by atoms with Crippen molar-refractivity contribution in [1.82, 2.24) is 0 Å². The molecule has 2 nitrogen and oxygen atoms in total. The van der Waals surface area contributed by atoms with E-state index in [-0.39, 0.29) is 18.3 Å². The van der Waals surface area contributed by atoms with Crippen LogP contribution in [0.5, 0.6) is 0 Å². The average molecular weight is 184 g/mol. The van der Waals surface area contributed by atoms with E-state index in [1.807, 2.05) is 41.5 Å². The van der Waals surface area contributed by atoms with Crippen LogP contribution >= 0.6 is 0 Å². The van der Waals surface area contributed by atoms with E-state index in [0.29, 0.717) is 0 Å². The van der Waals surface area contributed by atoms with Crippen molar-refractivity contribution >= 4 is 7.12 Å². The first-order chi connectivity index (χ1) is 5.64. The highest BCUT2D eigenvalue weighted by Crippen LogP contribution is 2.15. The molecule has 0 fully saturated rings. The van der Waals surface area contributed by atoms with Gasteiger partial charge in [-0.1, -0.05) is 5.98 Å². The molecule has 0 radical (unpaired) electrons. The molecule has 0 aromatic carbocycles. The molecule has 0 spiro atoms. The predicted octanol–water partition coefficient (Wildman–Crippen LogP) is 2.83. The highest BCUT2D eigenvalue weighted by Gasteiger charge is 2.26. The lowest BCUT2D eigenvalue weighted by Gasteiger charge is -2.28. The minimum Gasteiger partial charge on any atom is -0.403 e. The van der Waals surface area contributed by atoms with Crippen LogP contribution in [0.15, 0.2) is 12.6 Å². The van der Waals surface area contributed by atoms with Crippen molar-refractivity contribution < 1.29 is 9.31 Å². The number of rotatable bonds is 3. The van der Waals surface area contributed by atoms with Crippen LogP contribution in [0.1, 0.15) is 41.5 Å². The summed E-state index contributed by atoms with van der Waals surface area (Å²) in [4.78, 5) is 0. The summed E-state index contributed by atoms with van der Waals surface area (Å²) in [6, 6.07) is 0. The van der Waals surface area contributed by atoms with Gasteiger partial charge in [-0.15, -0.1) is 6.58 Å². The highest BCUT2D eigenvalue weighted by atomic mass is 16.6. The van der Waals surface area contributed by atoms with Crippen LogP contribution in [0.25, 0.3) is 0 Å². The van der Waals surface area contributed by atoms with Crippen LogP contribution in [0.4, 0.5) is 0 Å². The van der Waals surface area contributed by atoms with Crippen LogP contribution < -0.4 is 0 Å². The Balaban J connectivity index is 4.13. The van der Waals surface area contributed by atoms with Gasteiger partial charge >= 0.3 is 7.12 Å². The normalized spacial score (nSPS) is 12.8. The molecule has 0 aliphatic heterocycles. The third-order valence-electron chi connectivity index (χ3n) is 1.13. The van der Waals surface area contributed by atoms with Crippen LogP contribution in [-0.4, -0.2) is 18.3 Å². The van der Waals surface area contributed by atoms with Gasteiger partial charge in [0.15, 0.2) is 0 Å². The summed E-state index contributed by atoms with van der Waals surface area (Å²) < 4.78 is 11.2. The van der Waals surface area contributed by atoms with E-state index < -0.39 is 0 Å². The van der Waals surface area contributed by atoms with Crippen molar-refractivity contribution in [1.29, 1.82) is 0 Å². The van der Waals surface area contributed by atoms with Gasteiger partial charge in [-0.2, -0.15) is 0 Å². The lowest BCUT2D eigenvalue weighted by Crippen LogP contribution is -2.37. The van der Waals surface area contributed by atoms with E-state index in [2.05, 4.69) is 6.58 Å². The Labute approximate surface area is 82.5 Å². The first-order valence-electron chi connectivity index (χ1n) is 4.62. The molecule has 0 aromatic heterocycles. The van der Waals surface area contributed by atoms with E-state index in [0.717, 1.165) is 0 Å². The third kappa shape index (κ3) is 8.07. The summed E-state index contributed by atoms with van der Waals surface area (Å²) in [5.74, 6) is 1.68. The molecule has 0 bridgehead atoms. The fourth-order valence-corrected chi connectivity index (χ4v) is 0.817. The lowest BCUT2D eigenvalue weighted by atomic mass is 9.87. The largest absolute Gasteiger partial charge is 0.486 e. The summed E-state index contributed by atoms with van der Waals surface area (Å²) >= 11 is 0. The lowest BCUT2D eigenvalue weighted by molar-refractivity contribution is 0.0401. The molecule has 0 heterocycles. The van der Waals surface area contributed by atoms with Gasteiger partial charge in [0.2, 0.25) is 0 Å². The van der Waals surface area contributed by atoms with Gasteiger partial charge in [0, 0.05) is 11.2 Å². The van der Waals surface area contributed by atoms with E-state index in [1.165, 1.54) is 0 Å². The van der Waals surface area contributed by atoms with Crippen LogP contribution in [-0.2, 0) is 9.31 Å². The van der Waals surface area contributed by atoms with Crippen LogP contribution in [0, 0.1) is 0 Å². The molecular formula is C10H21BO2. The van der Waals surface area contributed by atoms with E-state index in [9.17, 15) is 0 Å². The topological polar surface area (TPSA) is 18.5 Å². The minimum atomic E-state index is -0.333. The molecule has 0 amide bonds. The van der Waals surface area contributed by atoms with Crippen molar-refractivity contribution in [3.05, 3.63) is 12.6 Å². The summed E-state index contributed by atoms with van der Waals surface area (Å²) in [5.41, 5.74) is -0.409. The number of hydrogen-bond acceptors (Lipinski definition) is 2. The van der Waals surface area contributed by atoms with Gasteiger partial charge in [0.1, 0.15) is 0 Å². The first kappa shape index (κ1) is 12.7. The van der Waals surface area contributed by atoms with Crippen molar-refractivity contribution in [2.45, 2.75) is 52.7 Å². The SMILES string of the molecule is C=CB(OC(C)(C)C)OC(C)(C)C. The fraction of sp³-hybridized carbons (Fsp3) is 0.800.